The third kappa shape index (κ3) is 6.10. The first-order valence-corrected chi connectivity index (χ1v) is 9.93. The van der Waals surface area contributed by atoms with Gasteiger partial charge in [0.2, 0.25) is 5.91 Å². The van der Waals surface area contributed by atoms with Crippen LogP contribution in [-0.4, -0.2) is 31.0 Å². The molecular formula is C23H30N2O2. The normalized spacial score (nSPS) is 14.7. The Morgan fingerprint density at radius 3 is 2.59 bits per heavy atom. The van der Waals surface area contributed by atoms with Crippen LogP contribution in [0.1, 0.15) is 42.4 Å². The van der Waals surface area contributed by atoms with Crippen LogP contribution >= 0.6 is 0 Å². The highest BCUT2D eigenvalue weighted by Gasteiger charge is 2.12. The van der Waals surface area contributed by atoms with Crippen molar-refractivity contribution < 1.29 is 9.53 Å². The van der Waals surface area contributed by atoms with Gasteiger partial charge in [-0.3, -0.25) is 9.69 Å². The number of carbonyl (C=O) groups excluding carboxylic acids is 1. The number of amides is 1. The lowest BCUT2D eigenvalue weighted by Gasteiger charge is -2.27. The topological polar surface area (TPSA) is 41.6 Å². The van der Waals surface area contributed by atoms with E-state index in [1.807, 2.05) is 24.3 Å². The van der Waals surface area contributed by atoms with Crippen molar-refractivity contribution >= 4 is 5.91 Å². The maximum atomic E-state index is 12.3. The van der Waals surface area contributed by atoms with Crippen LogP contribution in [0.15, 0.2) is 48.5 Å². The monoisotopic (exact) mass is 366 g/mol. The molecule has 1 N–H and O–H groups in total. The van der Waals surface area contributed by atoms with E-state index in [2.05, 4.69) is 34.5 Å². The minimum atomic E-state index is 0.0885. The summed E-state index contributed by atoms with van der Waals surface area (Å²) in [5.74, 6) is 0.921. The van der Waals surface area contributed by atoms with Crippen LogP contribution in [0, 0.1) is 0 Å². The number of aryl methyl sites for hydroxylation is 1. The van der Waals surface area contributed by atoms with Crippen molar-refractivity contribution in [2.45, 2.75) is 45.2 Å². The van der Waals surface area contributed by atoms with Crippen LogP contribution in [0.5, 0.6) is 5.75 Å². The Hall–Kier alpha value is -2.33. The molecule has 0 aromatic heterocycles. The molecule has 1 saturated heterocycles. The molecule has 27 heavy (non-hydrogen) atoms. The molecule has 3 rings (SSSR count). The van der Waals surface area contributed by atoms with Gasteiger partial charge in [0.05, 0.1) is 7.11 Å². The zero-order valence-corrected chi connectivity index (χ0v) is 16.2. The number of likely N-dealkylation sites (tertiary alicyclic amines) is 1. The average Bonchev–Trinajstić information content (AvgIpc) is 2.72. The van der Waals surface area contributed by atoms with E-state index in [1.54, 1.807) is 7.11 Å². The molecule has 0 bridgehead atoms. The average molecular weight is 367 g/mol. The van der Waals surface area contributed by atoms with E-state index in [-0.39, 0.29) is 5.91 Å². The number of nitrogens with zero attached hydrogens (tertiary/aromatic N) is 1. The molecule has 0 unspecified atom stereocenters. The van der Waals surface area contributed by atoms with Crippen LogP contribution in [0.3, 0.4) is 0 Å². The van der Waals surface area contributed by atoms with Gasteiger partial charge in [-0.25, -0.2) is 0 Å². The first kappa shape index (κ1) is 19.4. The Balaban J connectivity index is 1.49. The number of rotatable bonds is 8. The SMILES string of the molecule is COc1cccc(CCC(=O)NCc2ccccc2CN2CCCCC2)c1. The Kier molecular flexibility index (Phi) is 7.28. The summed E-state index contributed by atoms with van der Waals surface area (Å²) in [5, 5.41) is 3.09. The molecule has 1 heterocycles. The number of methoxy groups -OCH3 is 1. The van der Waals surface area contributed by atoms with E-state index in [0.717, 1.165) is 24.3 Å². The molecule has 0 aliphatic carbocycles. The second-order valence-electron chi connectivity index (χ2n) is 7.23. The lowest BCUT2D eigenvalue weighted by Crippen LogP contribution is -2.30. The van der Waals surface area contributed by atoms with E-state index in [9.17, 15) is 4.79 Å². The van der Waals surface area contributed by atoms with Gasteiger partial charge in [-0.2, -0.15) is 0 Å². The fourth-order valence-corrected chi connectivity index (χ4v) is 3.61. The highest BCUT2D eigenvalue weighted by molar-refractivity contribution is 5.76. The van der Waals surface area contributed by atoms with Crippen molar-refractivity contribution in [3.8, 4) is 5.75 Å². The van der Waals surface area contributed by atoms with Crippen LogP contribution < -0.4 is 10.1 Å². The van der Waals surface area contributed by atoms with Gasteiger partial charge in [0.25, 0.3) is 0 Å². The van der Waals surface area contributed by atoms with Crippen LogP contribution in [-0.2, 0) is 24.3 Å². The molecule has 4 heteroatoms. The predicted molar refractivity (Wildman–Crippen MR) is 109 cm³/mol. The van der Waals surface area contributed by atoms with Gasteiger partial charge >= 0.3 is 0 Å². The highest BCUT2D eigenvalue weighted by atomic mass is 16.5. The Bertz CT molecular complexity index is 739. The largest absolute Gasteiger partial charge is 0.497 e. The van der Waals surface area contributed by atoms with Gasteiger partial charge in [0.15, 0.2) is 0 Å². The highest BCUT2D eigenvalue weighted by Crippen LogP contribution is 2.17. The maximum Gasteiger partial charge on any atom is 0.220 e. The quantitative estimate of drug-likeness (QED) is 0.770. The first-order valence-electron chi connectivity index (χ1n) is 9.93. The molecule has 1 aliphatic heterocycles. The molecule has 0 atom stereocenters. The maximum absolute atomic E-state index is 12.3. The van der Waals surface area contributed by atoms with Crippen LogP contribution in [0.25, 0.3) is 0 Å². The number of hydrogen-bond acceptors (Lipinski definition) is 3. The molecule has 2 aromatic rings. The summed E-state index contributed by atoms with van der Waals surface area (Å²) in [5.41, 5.74) is 3.67. The fourth-order valence-electron chi connectivity index (χ4n) is 3.61. The molecule has 0 radical (unpaired) electrons. The van der Waals surface area contributed by atoms with E-state index in [0.29, 0.717) is 13.0 Å². The number of ether oxygens (including phenoxy) is 1. The number of hydrogen-bond donors (Lipinski definition) is 1. The van der Waals surface area contributed by atoms with Gasteiger partial charge in [-0.15, -0.1) is 0 Å². The molecule has 0 spiro atoms. The molecule has 1 fully saturated rings. The Labute approximate surface area is 162 Å². The third-order valence-electron chi connectivity index (χ3n) is 5.21. The minimum Gasteiger partial charge on any atom is -0.497 e. The van der Waals surface area contributed by atoms with Crippen molar-refractivity contribution in [2.24, 2.45) is 0 Å². The summed E-state index contributed by atoms with van der Waals surface area (Å²) >= 11 is 0. The molecule has 1 amide bonds. The van der Waals surface area contributed by atoms with Gasteiger partial charge in [-0.1, -0.05) is 42.8 Å². The molecule has 2 aromatic carbocycles. The summed E-state index contributed by atoms with van der Waals surface area (Å²) in [7, 11) is 1.66. The molecule has 0 saturated carbocycles. The number of piperidine rings is 1. The molecule has 4 nitrogen and oxygen atoms in total. The van der Waals surface area contributed by atoms with E-state index in [1.165, 1.54) is 43.5 Å². The van der Waals surface area contributed by atoms with Gasteiger partial charge < -0.3 is 10.1 Å². The van der Waals surface area contributed by atoms with Crippen molar-refractivity contribution in [1.82, 2.24) is 10.2 Å². The lowest BCUT2D eigenvalue weighted by atomic mass is 10.0. The van der Waals surface area contributed by atoms with Crippen molar-refractivity contribution in [1.29, 1.82) is 0 Å². The summed E-state index contributed by atoms with van der Waals surface area (Å²) in [6.45, 7) is 3.94. The van der Waals surface area contributed by atoms with E-state index < -0.39 is 0 Å². The first-order chi connectivity index (χ1) is 13.2. The second kappa shape index (κ2) is 10.1. The van der Waals surface area contributed by atoms with Gasteiger partial charge in [0, 0.05) is 19.5 Å². The fraction of sp³-hybridized carbons (Fsp3) is 0.435. The predicted octanol–water partition coefficient (Wildman–Crippen LogP) is 3.93. The smallest absolute Gasteiger partial charge is 0.220 e. The molecule has 1 aliphatic rings. The van der Waals surface area contributed by atoms with Crippen molar-refractivity contribution in [3.63, 3.8) is 0 Å². The lowest BCUT2D eigenvalue weighted by molar-refractivity contribution is -0.121. The van der Waals surface area contributed by atoms with Crippen LogP contribution in [0.2, 0.25) is 0 Å². The summed E-state index contributed by atoms with van der Waals surface area (Å²) in [4.78, 5) is 14.8. The summed E-state index contributed by atoms with van der Waals surface area (Å²) in [6.07, 6.45) is 5.15. The van der Waals surface area contributed by atoms with E-state index in [4.69, 9.17) is 4.74 Å². The number of benzene rings is 2. The minimum absolute atomic E-state index is 0.0885. The Morgan fingerprint density at radius 2 is 1.81 bits per heavy atom. The molecular weight excluding hydrogens is 336 g/mol. The van der Waals surface area contributed by atoms with E-state index >= 15 is 0 Å². The standard InChI is InChI=1S/C23H30N2O2/c1-27-22-11-7-8-19(16-22)12-13-23(26)24-17-20-9-3-4-10-21(20)18-25-14-5-2-6-15-25/h3-4,7-11,16H,2,5-6,12-15,17-18H2,1H3,(H,24,26). The van der Waals surface area contributed by atoms with Gasteiger partial charge in [-0.05, 0) is 61.2 Å². The molecule has 144 valence electrons. The third-order valence-corrected chi connectivity index (χ3v) is 5.21. The number of nitrogens with one attached hydrogen (secondary N) is 1. The van der Waals surface area contributed by atoms with Gasteiger partial charge in [0.1, 0.15) is 5.75 Å². The number of carbonyl (C=O) groups is 1. The summed E-state index contributed by atoms with van der Waals surface area (Å²) < 4.78 is 5.24. The zero-order valence-electron chi connectivity index (χ0n) is 16.2. The van der Waals surface area contributed by atoms with Crippen molar-refractivity contribution in [3.05, 3.63) is 65.2 Å². The van der Waals surface area contributed by atoms with Crippen molar-refractivity contribution in [2.75, 3.05) is 20.2 Å². The summed E-state index contributed by atoms with van der Waals surface area (Å²) in [6, 6.07) is 16.4. The zero-order chi connectivity index (χ0) is 18.9. The Morgan fingerprint density at radius 1 is 1.04 bits per heavy atom. The second-order valence-corrected chi connectivity index (χ2v) is 7.23. The van der Waals surface area contributed by atoms with Crippen LogP contribution in [0.4, 0.5) is 0 Å².